The molecular formula is C15H18N4O2. The number of amides is 1. The SMILES string of the molecule is CNC(=O)c1c(C)nc(N)nc1C(C)Oc1ccccc1. The van der Waals surface area contributed by atoms with E-state index >= 15 is 0 Å². The summed E-state index contributed by atoms with van der Waals surface area (Å²) >= 11 is 0. The molecule has 0 aliphatic rings. The molecule has 21 heavy (non-hydrogen) atoms. The number of benzene rings is 1. The van der Waals surface area contributed by atoms with Gasteiger partial charge >= 0.3 is 0 Å². The van der Waals surface area contributed by atoms with Gasteiger partial charge in [-0.3, -0.25) is 4.79 Å². The Kier molecular flexibility index (Phi) is 4.37. The summed E-state index contributed by atoms with van der Waals surface area (Å²) in [5, 5.41) is 2.59. The molecule has 1 atom stereocenters. The fraction of sp³-hybridized carbons (Fsp3) is 0.267. The molecule has 0 spiro atoms. The van der Waals surface area contributed by atoms with Crippen LogP contribution in [0.25, 0.3) is 0 Å². The van der Waals surface area contributed by atoms with Crippen molar-refractivity contribution in [1.82, 2.24) is 15.3 Å². The first-order chi connectivity index (χ1) is 10.0. The molecule has 1 aromatic heterocycles. The predicted octanol–water partition coefficient (Wildman–Crippen LogP) is 1.87. The van der Waals surface area contributed by atoms with Crippen molar-refractivity contribution >= 4 is 11.9 Å². The van der Waals surface area contributed by atoms with Gasteiger partial charge < -0.3 is 15.8 Å². The fourth-order valence-electron chi connectivity index (χ4n) is 2.08. The highest BCUT2D eigenvalue weighted by Gasteiger charge is 2.22. The molecule has 1 heterocycles. The van der Waals surface area contributed by atoms with E-state index in [4.69, 9.17) is 10.5 Å². The van der Waals surface area contributed by atoms with Gasteiger partial charge in [-0.05, 0) is 26.0 Å². The zero-order chi connectivity index (χ0) is 15.4. The minimum Gasteiger partial charge on any atom is -0.484 e. The summed E-state index contributed by atoms with van der Waals surface area (Å²) in [5.41, 5.74) is 7.09. The lowest BCUT2D eigenvalue weighted by atomic mass is 10.1. The first kappa shape index (κ1) is 14.8. The van der Waals surface area contributed by atoms with Crippen molar-refractivity contribution in [1.29, 1.82) is 0 Å². The van der Waals surface area contributed by atoms with Gasteiger partial charge in [0.1, 0.15) is 11.9 Å². The van der Waals surface area contributed by atoms with Gasteiger partial charge in [0, 0.05) is 7.05 Å². The monoisotopic (exact) mass is 286 g/mol. The van der Waals surface area contributed by atoms with Gasteiger partial charge in [0.15, 0.2) is 0 Å². The summed E-state index contributed by atoms with van der Waals surface area (Å²) in [5.74, 6) is 0.562. The van der Waals surface area contributed by atoms with Crippen LogP contribution in [0.1, 0.15) is 34.8 Å². The Morgan fingerprint density at radius 2 is 1.95 bits per heavy atom. The minimum absolute atomic E-state index is 0.124. The van der Waals surface area contributed by atoms with Gasteiger partial charge in [-0.25, -0.2) is 9.97 Å². The Labute approximate surface area is 123 Å². The van der Waals surface area contributed by atoms with Gasteiger partial charge in [-0.1, -0.05) is 18.2 Å². The molecule has 2 aromatic rings. The van der Waals surface area contributed by atoms with Crippen LogP contribution in [0.3, 0.4) is 0 Å². The zero-order valence-electron chi connectivity index (χ0n) is 12.3. The second-order valence-corrected chi connectivity index (χ2v) is 4.58. The molecule has 0 saturated carbocycles. The van der Waals surface area contributed by atoms with Crippen molar-refractivity contribution in [2.45, 2.75) is 20.0 Å². The van der Waals surface area contributed by atoms with E-state index in [2.05, 4.69) is 15.3 Å². The average molecular weight is 286 g/mol. The van der Waals surface area contributed by atoms with E-state index in [-0.39, 0.29) is 11.9 Å². The average Bonchev–Trinajstić information content (AvgIpc) is 2.46. The number of aromatic nitrogens is 2. The van der Waals surface area contributed by atoms with Crippen molar-refractivity contribution in [2.75, 3.05) is 12.8 Å². The van der Waals surface area contributed by atoms with Crippen LogP contribution in [0, 0.1) is 6.92 Å². The first-order valence-electron chi connectivity index (χ1n) is 6.60. The topological polar surface area (TPSA) is 90.1 Å². The zero-order valence-corrected chi connectivity index (χ0v) is 12.3. The second kappa shape index (κ2) is 6.21. The number of anilines is 1. The molecule has 0 fully saturated rings. The molecule has 3 N–H and O–H groups in total. The molecular weight excluding hydrogens is 268 g/mol. The highest BCUT2D eigenvalue weighted by molar-refractivity contribution is 5.96. The van der Waals surface area contributed by atoms with Crippen molar-refractivity contribution in [3.63, 3.8) is 0 Å². The van der Waals surface area contributed by atoms with E-state index in [0.29, 0.717) is 22.7 Å². The van der Waals surface area contributed by atoms with Crippen LogP contribution in [0.4, 0.5) is 5.95 Å². The van der Waals surface area contributed by atoms with Gasteiger partial charge in [-0.15, -0.1) is 0 Å². The number of para-hydroxylation sites is 1. The number of carbonyl (C=O) groups is 1. The third kappa shape index (κ3) is 3.28. The van der Waals surface area contributed by atoms with Gasteiger partial charge in [0.2, 0.25) is 5.95 Å². The molecule has 0 radical (unpaired) electrons. The number of hydrogen-bond acceptors (Lipinski definition) is 5. The molecule has 6 nitrogen and oxygen atoms in total. The van der Waals surface area contributed by atoms with Crippen molar-refractivity contribution in [3.05, 3.63) is 47.3 Å². The largest absolute Gasteiger partial charge is 0.484 e. The van der Waals surface area contributed by atoms with E-state index in [9.17, 15) is 4.79 Å². The van der Waals surface area contributed by atoms with E-state index in [1.807, 2.05) is 37.3 Å². The Bertz CT molecular complexity index is 644. The highest BCUT2D eigenvalue weighted by atomic mass is 16.5. The van der Waals surface area contributed by atoms with E-state index < -0.39 is 6.10 Å². The van der Waals surface area contributed by atoms with Crippen LogP contribution in [0.5, 0.6) is 5.75 Å². The molecule has 6 heteroatoms. The second-order valence-electron chi connectivity index (χ2n) is 4.58. The van der Waals surface area contributed by atoms with Crippen LogP contribution in [-0.4, -0.2) is 22.9 Å². The number of nitrogens with two attached hydrogens (primary N) is 1. The minimum atomic E-state index is -0.427. The number of nitrogen functional groups attached to an aromatic ring is 1. The summed E-state index contributed by atoms with van der Waals surface area (Å²) in [6, 6.07) is 9.34. The summed E-state index contributed by atoms with van der Waals surface area (Å²) in [7, 11) is 1.56. The molecule has 0 bridgehead atoms. The lowest BCUT2D eigenvalue weighted by Gasteiger charge is -2.18. The first-order valence-corrected chi connectivity index (χ1v) is 6.60. The Hall–Kier alpha value is -2.63. The molecule has 0 saturated heterocycles. The predicted molar refractivity (Wildman–Crippen MR) is 80.1 cm³/mol. The van der Waals surface area contributed by atoms with Gasteiger partial charge in [0.25, 0.3) is 5.91 Å². The number of nitrogens with one attached hydrogen (secondary N) is 1. The molecule has 0 aliphatic heterocycles. The molecule has 110 valence electrons. The number of nitrogens with zero attached hydrogens (tertiary/aromatic N) is 2. The van der Waals surface area contributed by atoms with Crippen molar-refractivity contribution in [2.24, 2.45) is 0 Å². The van der Waals surface area contributed by atoms with Crippen LogP contribution >= 0.6 is 0 Å². The summed E-state index contributed by atoms with van der Waals surface area (Å²) in [6.45, 7) is 3.54. The molecule has 0 aliphatic carbocycles. The number of carbonyl (C=O) groups excluding carboxylic acids is 1. The Balaban J connectivity index is 2.39. The maximum atomic E-state index is 12.0. The van der Waals surface area contributed by atoms with E-state index in [0.717, 1.165) is 0 Å². The third-order valence-electron chi connectivity index (χ3n) is 3.03. The van der Waals surface area contributed by atoms with Crippen LogP contribution in [0.15, 0.2) is 30.3 Å². The summed E-state index contributed by atoms with van der Waals surface area (Å²) in [6.07, 6.45) is -0.427. The normalized spacial score (nSPS) is 11.8. The lowest BCUT2D eigenvalue weighted by molar-refractivity contribution is 0.0956. The fourth-order valence-corrected chi connectivity index (χ4v) is 2.08. The van der Waals surface area contributed by atoms with Crippen LogP contribution in [-0.2, 0) is 0 Å². The number of ether oxygens (including phenoxy) is 1. The lowest BCUT2D eigenvalue weighted by Crippen LogP contribution is -2.24. The standard InChI is InChI=1S/C15H18N4O2/c1-9-12(14(20)17-3)13(19-15(16)18-9)10(2)21-11-7-5-4-6-8-11/h4-8,10H,1-3H3,(H,17,20)(H2,16,18,19). The molecule has 1 aromatic carbocycles. The van der Waals surface area contributed by atoms with Crippen LogP contribution < -0.4 is 15.8 Å². The summed E-state index contributed by atoms with van der Waals surface area (Å²) in [4.78, 5) is 20.3. The van der Waals surface area contributed by atoms with Gasteiger partial charge in [-0.2, -0.15) is 0 Å². The number of aryl methyl sites for hydroxylation is 1. The van der Waals surface area contributed by atoms with Gasteiger partial charge in [0.05, 0.1) is 17.0 Å². The smallest absolute Gasteiger partial charge is 0.254 e. The Morgan fingerprint density at radius 3 is 2.57 bits per heavy atom. The molecule has 2 rings (SSSR count). The maximum Gasteiger partial charge on any atom is 0.254 e. The van der Waals surface area contributed by atoms with E-state index in [1.165, 1.54) is 0 Å². The quantitative estimate of drug-likeness (QED) is 0.895. The highest BCUT2D eigenvalue weighted by Crippen LogP contribution is 2.24. The molecule has 1 amide bonds. The van der Waals surface area contributed by atoms with E-state index in [1.54, 1.807) is 14.0 Å². The van der Waals surface area contributed by atoms with Crippen LogP contribution in [0.2, 0.25) is 0 Å². The summed E-state index contributed by atoms with van der Waals surface area (Å²) < 4.78 is 5.82. The van der Waals surface area contributed by atoms with Crippen molar-refractivity contribution in [3.8, 4) is 5.75 Å². The number of hydrogen-bond donors (Lipinski definition) is 2. The molecule has 1 unspecified atom stereocenters. The maximum absolute atomic E-state index is 12.0. The Morgan fingerprint density at radius 1 is 1.29 bits per heavy atom. The van der Waals surface area contributed by atoms with Crippen molar-refractivity contribution < 1.29 is 9.53 Å². The number of rotatable bonds is 4. The third-order valence-corrected chi connectivity index (χ3v) is 3.03.